The first kappa shape index (κ1) is 18.0. The standard InChI is InChI=1S/C20H26N2O2/c1-14(2)24-18-11-7-10-17(12-18)15(3)22-20(23)13-19(21)16-8-5-4-6-9-16/h4-12,14-15,19H,13,21H2,1-3H3,(H,22,23). The number of amides is 1. The molecular weight excluding hydrogens is 300 g/mol. The van der Waals surface area contributed by atoms with Crippen molar-refractivity contribution in [2.24, 2.45) is 5.73 Å². The summed E-state index contributed by atoms with van der Waals surface area (Å²) in [6.45, 7) is 5.94. The molecule has 0 spiro atoms. The second-order valence-electron chi connectivity index (χ2n) is 6.25. The number of benzene rings is 2. The van der Waals surface area contributed by atoms with Gasteiger partial charge in [0.05, 0.1) is 12.1 Å². The van der Waals surface area contributed by atoms with Crippen LogP contribution in [-0.4, -0.2) is 12.0 Å². The van der Waals surface area contributed by atoms with Crippen molar-refractivity contribution < 1.29 is 9.53 Å². The fraction of sp³-hybridized carbons (Fsp3) is 0.350. The van der Waals surface area contributed by atoms with Crippen LogP contribution in [-0.2, 0) is 4.79 Å². The van der Waals surface area contributed by atoms with Crippen molar-refractivity contribution in [3.05, 3.63) is 65.7 Å². The number of ether oxygens (including phenoxy) is 1. The molecule has 2 rings (SSSR count). The Hall–Kier alpha value is -2.33. The van der Waals surface area contributed by atoms with Crippen molar-refractivity contribution in [2.45, 2.75) is 45.4 Å². The van der Waals surface area contributed by atoms with Crippen LogP contribution >= 0.6 is 0 Å². The van der Waals surface area contributed by atoms with Gasteiger partial charge in [-0.3, -0.25) is 4.79 Å². The molecule has 4 nitrogen and oxygen atoms in total. The van der Waals surface area contributed by atoms with E-state index >= 15 is 0 Å². The molecule has 0 aliphatic heterocycles. The highest BCUT2D eigenvalue weighted by molar-refractivity contribution is 5.77. The molecule has 2 unspecified atom stereocenters. The van der Waals surface area contributed by atoms with Gasteiger partial charge in [-0.1, -0.05) is 42.5 Å². The molecule has 0 saturated heterocycles. The van der Waals surface area contributed by atoms with Crippen molar-refractivity contribution in [1.82, 2.24) is 5.32 Å². The molecule has 3 N–H and O–H groups in total. The summed E-state index contributed by atoms with van der Waals surface area (Å²) in [5.41, 5.74) is 8.08. The third-order valence-corrected chi connectivity index (χ3v) is 3.74. The Morgan fingerprint density at radius 1 is 1.04 bits per heavy atom. The number of rotatable bonds is 7. The number of nitrogens with two attached hydrogens (primary N) is 1. The molecule has 2 atom stereocenters. The highest BCUT2D eigenvalue weighted by Gasteiger charge is 2.15. The van der Waals surface area contributed by atoms with Crippen LogP contribution in [0.3, 0.4) is 0 Å². The first-order valence-corrected chi connectivity index (χ1v) is 8.32. The third kappa shape index (κ3) is 5.39. The predicted molar refractivity (Wildman–Crippen MR) is 96.8 cm³/mol. The number of hydrogen-bond acceptors (Lipinski definition) is 3. The summed E-state index contributed by atoms with van der Waals surface area (Å²) in [4.78, 5) is 12.3. The van der Waals surface area contributed by atoms with E-state index in [-0.39, 0.29) is 30.5 Å². The molecule has 0 aromatic heterocycles. The molecule has 1 amide bonds. The van der Waals surface area contributed by atoms with E-state index in [9.17, 15) is 4.79 Å². The summed E-state index contributed by atoms with van der Waals surface area (Å²) in [7, 11) is 0. The van der Waals surface area contributed by atoms with E-state index in [1.165, 1.54) is 0 Å². The number of nitrogens with one attached hydrogen (secondary N) is 1. The van der Waals surface area contributed by atoms with E-state index < -0.39 is 0 Å². The van der Waals surface area contributed by atoms with Crippen molar-refractivity contribution >= 4 is 5.91 Å². The van der Waals surface area contributed by atoms with Gasteiger partial charge in [0.2, 0.25) is 5.91 Å². The Bertz CT molecular complexity index is 656. The van der Waals surface area contributed by atoms with Gasteiger partial charge in [-0.05, 0) is 44.0 Å². The summed E-state index contributed by atoms with van der Waals surface area (Å²) in [5, 5.41) is 3.00. The van der Waals surface area contributed by atoms with Crippen molar-refractivity contribution in [1.29, 1.82) is 0 Å². The van der Waals surface area contributed by atoms with Gasteiger partial charge in [0, 0.05) is 12.5 Å². The second-order valence-corrected chi connectivity index (χ2v) is 6.25. The molecule has 0 aliphatic rings. The summed E-state index contributed by atoms with van der Waals surface area (Å²) in [6, 6.07) is 17.1. The van der Waals surface area contributed by atoms with Crippen LogP contribution < -0.4 is 15.8 Å². The summed E-state index contributed by atoms with van der Waals surface area (Å²) in [6.07, 6.45) is 0.380. The van der Waals surface area contributed by atoms with E-state index in [0.717, 1.165) is 16.9 Å². The van der Waals surface area contributed by atoms with Crippen LogP contribution in [0.5, 0.6) is 5.75 Å². The third-order valence-electron chi connectivity index (χ3n) is 3.74. The van der Waals surface area contributed by atoms with E-state index in [2.05, 4.69) is 5.32 Å². The van der Waals surface area contributed by atoms with Gasteiger partial charge in [0.1, 0.15) is 5.75 Å². The quantitative estimate of drug-likeness (QED) is 0.814. The van der Waals surface area contributed by atoms with Gasteiger partial charge in [-0.15, -0.1) is 0 Å². The highest BCUT2D eigenvalue weighted by Crippen LogP contribution is 2.21. The fourth-order valence-electron chi connectivity index (χ4n) is 2.53. The van der Waals surface area contributed by atoms with Crippen LogP contribution in [0.4, 0.5) is 0 Å². The van der Waals surface area contributed by atoms with Crippen LogP contribution in [0, 0.1) is 0 Å². The number of carbonyl (C=O) groups excluding carboxylic acids is 1. The Morgan fingerprint density at radius 3 is 2.38 bits per heavy atom. The Balaban J connectivity index is 1.94. The number of carbonyl (C=O) groups is 1. The Kier molecular flexibility index (Phi) is 6.38. The SMILES string of the molecule is CC(C)Oc1cccc(C(C)NC(=O)CC(N)c2ccccc2)c1. The van der Waals surface area contributed by atoms with Crippen molar-refractivity contribution in [2.75, 3.05) is 0 Å². The maximum absolute atomic E-state index is 12.3. The van der Waals surface area contributed by atoms with E-state index in [1.54, 1.807) is 0 Å². The Morgan fingerprint density at radius 2 is 1.71 bits per heavy atom. The van der Waals surface area contributed by atoms with Crippen molar-refractivity contribution in [3.63, 3.8) is 0 Å². The molecule has 128 valence electrons. The zero-order valence-electron chi connectivity index (χ0n) is 14.5. The summed E-state index contributed by atoms with van der Waals surface area (Å²) in [5.74, 6) is 0.749. The van der Waals surface area contributed by atoms with Gasteiger partial charge in [-0.25, -0.2) is 0 Å². The fourth-order valence-corrected chi connectivity index (χ4v) is 2.53. The van der Waals surface area contributed by atoms with Gasteiger partial charge >= 0.3 is 0 Å². The van der Waals surface area contributed by atoms with Crippen molar-refractivity contribution in [3.8, 4) is 5.75 Å². The predicted octanol–water partition coefficient (Wildman–Crippen LogP) is 3.74. The van der Waals surface area contributed by atoms with Gasteiger partial charge < -0.3 is 15.8 Å². The first-order chi connectivity index (χ1) is 11.5. The molecule has 24 heavy (non-hydrogen) atoms. The smallest absolute Gasteiger partial charge is 0.222 e. The molecule has 0 saturated carbocycles. The van der Waals surface area contributed by atoms with Crippen LogP contribution in [0.25, 0.3) is 0 Å². The minimum atomic E-state index is -0.297. The molecule has 2 aromatic carbocycles. The molecule has 4 heteroatoms. The van der Waals surface area contributed by atoms with E-state index in [1.807, 2.05) is 75.4 Å². The Labute approximate surface area is 144 Å². The molecule has 0 radical (unpaired) electrons. The minimum absolute atomic E-state index is 0.0611. The van der Waals surface area contributed by atoms with Gasteiger partial charge in [-0.2, -0.15) is 0 Å². The van der Waals surface area contributed by atoms with Gasteiger partial charge in [0.15, 0.2) is 0 Å². The minimum Gasteiger partial charge on any atom is -0.491 e. The lowest BCUT2D eigenvalue weighted by molar-refractivity contribution is -0.122. The van der Waals surface area contributed by atoms with Crippen LogP contribution in [0.15, 0.2) is 54.6 Å². The lowest BCUT2D eigenvalue weighted by Gasteiger charge is -2.18. The monoisotopic (exact) mass is 326 g/mol. The summed E-state index contributed by atoms with van der Waals surface area (Å²) < 4.78 is 5.70. The van der Waals surface area contributed by atoms with Gasteiger partial charge in [0.25, 0.3) is 0 Å². The maximum atomic E-state index is 12.3. The lowest BCUT2D eigenvalue weighted by Crippen LogP contribution is -2.29. The topological polar surface area (TPSA) is 64.3 Å². The summed E-state index contributed by atoms with van der Waals surface area (Å²) >= 11 is 0. The van der Waals surface area contributed by atoms with Crippen LogP contribution in [0.2, 0.25) is 0 Å². The first-order valence-electron chi connectivity index (χ1n) is 8.32. The highest BCUT2D eigenvalue weighted by atomic mass is 16.5. The molecule has 0 heterocycles. The van der Waals surface area contributed by atoms with E-state index in [0.29, 0.717) is 0 Å². The molecular formula is C20H26N2O2. The molecule has 2 aromatic rings. The molecule has 0 fully saturated rings. The zero-order valence-corrected chi connectivity index (χ0v) is 14.5. The normalized spacial score (nSPS) is 13.4. The van der Waals surface area contributed by atoms with Crippen LogP contribution in [0.1, 0.15) is 50.4 Å². The molecule has 0 bridgehead atoms. The van der Waals surface area contributed by atoms with E-state index in [4.69, 9.17) is 10.5 Å². The average molecular weight is 326 g/mol. The largest absolute Gasteiger partial charge is 0.491 e. The second kappa shape index (κ2) is 8.50. The lowest BCUT2D eigenvalue weighted by atomic mass is 10.0. The zero-order chi connectivity index (χ0) is 17.5. The molecule has 0 aliphatic carbocycles. The maximum Gasteiger partial charge on any atom is 0.222 e. The average Bonchev–Trinajstić information content (AvgIpc) is 2.55. The number of hydrogen-bond donors (Lipinski definition) is 2.